The molecule has 1 amide bonds. The number of carboxylic acid groups (broad SMARTS) is 1. The number of amides is 1. The number of carboxylic acids is 1. The van der Waals surface area contributed by atoms with Gasteiger partial charge in [-0.05, 0) is 45.3 Å². The van der Waals surface area contributed by atoms with E-state index in [9.17, 15) is 9.59 Å². The second kappa shape index (κ2) is 10.7. The molecule has 0 radical (unpaired) electrons. The Morgan fingerprint density at radius 1 is 1.15 bits per heavy atom. The number of rotatable bonds is 11. The molecule has 0 spiro atoms. The maximum absolute atomic E-state index is 11.7. The third kappa shape index (κ3) is 9.78. The van der Waals surface area contributed by atoms with E-state index in [2.05, 4.69) is 24.1 Å². The summed E-state index contributed by atoms with van der Waals surface area (Å²) in [5.74, 6) is -1.01. The van der Waals surface area contributed by atoms with Crippen molar-refractivity contribution in [2.24, 2.45) is 5.92 Å². The fourth-order valence-electron chi connectivity index (χ4n) is 2.25. The lowest BCUT2D eigenvalue weighted by Gasteiger charge is -2.20. The quantitative estimate of drug-likeness (QED) is 0.610. The second-order valence-corrected chi connectivity index (χ2v) is 5.54. The highest BCUT2D eigenvalue weighted by molar-refractivity contribution is 5.77. The first-order valence-electron chi connectivity index (χ1n) is 7.62. The Hall–Kier alpha value is -1.10. The van der Waals surface area contributed by atoms with Gasteiger partial charge >= 0.3 is 5.97 Å². The van der Waals surface area contributed by atoms with Gasteiger partial charge in [0.25, 0.3) is 0 Å². The molecular weight excluding hydrogens is 256 g/mol. The van der Waals surface area contributed by atoms with Crippen molar-refractivity contribution in [3.8, 4) is 0 Å². The van der Waals surface area contributed by atoms with Crippen molar-refractivity contribution in [1.29, 1.82) is 0 Å². The zero-order valence-electron chi connectivity index (χ0n) is 13.3. The number of aliphatic carboxylic acids is 1. The predicted octanol–water partition coefficient (Wildman–Crippen LogP) is 2.11. The van der Waals surface area contributed by atoms with Crippen LogP contribution in [0.2, 0.25) is 0 Å². The van der Waals surface area contributed by atoms with Gasteiger partial charge in [-0.3, -0.25) is 9.59 Å². The van der Waals surface area contributed by atoms with Gasteiger partial charge in [0.2, 0.25) is 5.91 Å². The van der Waals surface area contributed by atoms with Crippen LogP contribution in [-0.4, -0.2) is 47.6 Å². The first kappa shape index (κ1) is 18.9. The normalized spacial score (nSPS) is 14.1. The molecule has 0 aromatic rings. The number of nitrogens with zero attached hydrogens (tertiary/aromatic N) is 1. The van der Waals surface area contributed by atoms with Crippen molar-refractivity contribution in [3.05, 3.63) is 0 Å². The van der Waals surface area contributed by atoms with E-state index in [-0.39, 0.29) is 30.7 Å². The molecule has 20 heavy (non-hydrogen) atoms. The van der Waals surface area contributed by atoms with Crippen LogP contribution in [0.1, 0.15) is 53.4 Å². The van der Waals surface area contributed by atoms with E-state index < -0.39 is 5.97 Å². The maximum Gasteiger partial charge on any atom is 0.303 e. The van der Waals surface area contributed by atoms with E-state index in [1.165, 1.54) is 0 Å². The van der Waals surface area contributed by atoms with Crippen LogP contribution in [0.4, 0.5) is 0 Å². The van der Waals surface area contributed by atoms with Crippen LogP contribution in [0, 0.1) is 5.92 Å². The van der Waals surface area contributed by atoms with E-state index in [1.807, 2.05) is 6.92 Å². The second-order valence-electron chi connectivity index (χ2n) is 5.54. The van der Waals surface area contributed by atoms with E-state index in [0.717, 1.165) is 32.5 Å². The van der Waals surface area contributed by atoms with Gasteiger partial charge in [-0.1, -0.05) is 20.8 Å². The molecule has 2 N–H and O–H groups in total. The fraction of sp³-hybridized carbons (Fsp3) is 0.867. The molecule has 118 valence electrons. The first-order valence-corrected chi connectivity index (χ1v) is 7.62. The summed E-state index contributed by atoms with van der Waals surface area (Å²) in [4.78, 5) is 24.6. The summed E-state index contributed by atoms with van der Waals surface area (Å²) in [5, 5.41) is 11.6. The van der Waals surface area contributed by atoms with Crippen LogP contribution in [0.3, 0.4) is 0 Å². The van der Waals surface area contributed by atoms with Gasteiger partial charge in [0, 0.05) is 18.9 Å². The molecule has 0 fully saturated rings. The van der Waals surface area contributed by atoms with Crippen LogP contribution in [0.25, 0.3) is 0 Å². The van der Waals surface area contributed by atoms with Crippen molar-refractivity contribution in [3.63, 3.8) is 0 Å². The van der Waals surface area contributed by atoms with E-state index >= 15 is 0 Å². The monoisotopic (exact) mass is 286 g/mol. The van der Waals surface area contributed by atoms with E-state index in [1.54, 1.807) is 6.92 Å². The minimum absolute atomic E-state index is 0.0454. The smallest absolute Gasteiger partial charge is 0.303 e. The molecule has 5 nitrogen and oxygen atoms in total. The molecule has 0 bridgehead atoms. The Kier molecular flexibility index (Phi) is 10.1. The van der Waals surface area contributed by atoms with Crippen LogP contribution in [-0.2, 0) is 9.59 Å². The largest absolute Gasteiger partial charge is 0.481 e. The highest BCUT2D eigenvalue weighted by atomic mass is 16.4. The van der Waals surface area contributed by atoms with Gasteiger partial charge in [0.05, 0.1) is 0 Å². The summed E-state index contributed by atoms with van der Waals surface area (Å²) in [6.07, 6.45) is 2.35. The van der Waals surface area contributed by atoms with Crippen LogP contribution in [0.15, 0.2) is 0 Å². The zero-order valence-corrected chi connectivity index (χ0v) is 13.3. The molecule has 0 rings (SSSR count). The Bertz CT molecular complexity index is 291. The molecule has 0 aliphatic heterocycles. The van der Waals surface area contributed by atoms with Crippen LogP contribution in [0.5, 0.6) is 0 Å². The average molecular weight is 286 g/mol. The van der Waals surface area contributed by atoms with Gasteiger partial charge in [-0.15, -0.1) is 0 Å². The summed E-state index contributed by atoms with van der Waals surface area (Å²) in [5.41, 5.74) is 0. The summed E-state index contributed by atoms with van der Waals surface area (Å²) in [7, 11) is 0. The number of hydrogen-bond acceptors (Lipinski definition) is 3. The minimum atomic E-state index is -0.849. The fourth-order valence-corrected chi connectivity index (χ4v) is 2.25. The van der Waals surface area contributed by atoms with Gasteiger partial charge in [0.15, 0.2) is 0 Å². The lowest BCUT2D eigenvalue weighted by Crippen LogP contribution is -2.34. The van der Waals surface area contributed by atoms with Crippen LogP contribution >= 0.6 is 0 Å². The molecular formula is C15H30N2O3. The van der Waals surface area contributed by atoms with Gasteiger partial charge in [-0.25, -0.2) is 0 Å². The molecule has 5 heteroatoms. The number of carbonyl (C=O) groups excluding carboxylic acids is 1. The highest BCUT2D eigenvalue weighted by Gasteiger charge is 2.14. The lowest BCUT2D eigenvalue weighted by molar-refractivity contribution is -0.138. The van der Waals surface area contributed by atoms with Crippen molar-refractivity contribution < 1.29 is 14.7 Å². The molecule has 2 unspecified atom stereocenters. The lowest BCUT2D eigenvalue weighted by atomic mass is 10.0. The molecule has 0 aliphatic rings. The Morgan fingerprint density at radius 2 is 1.75 bits per heavy atom. The van der Waals surface area contributed by atoms with Crippen LogP contribution < -0.4 is 5.32 Å². The first-order chi connectivity index (χ1) is 9.38. The molecule has 0 saturated carbocycles. The van der Waals surface area contributed by atoms with Crippen molar-refractivity contribution in [1.82, 2.24) is 10.2 Å². The van der Waals surface area contributed by atoms with E-state index in [0.29, 0.717) is 0 Å². The molecule has 2 atom stereocenters. The number of carbonyl (C=O) groups is 2. The molecule has 0 aliphatic carbocycles. The Labute approximate surface area is 122 Å². The summed E-state index contributed by atoms with van der Waals surface area (Å²) in [6, 6.07) is 0.148. The van der Waals surface area contributed by atoms with Crippen molar-refractivity contribution >= 4 is 11.9 Å². The average Bonchev–Trinajstić information content (AvgIpc) is 2.33. The van der Waals surface area contributed by atoms with Gasteiger partial charge in [0.1, 0.15) is 0 Å². The van der Waals surface area contributed by atoms with Gasteiger partial charge in [-0.2, -0.15) is 0 Å². The van der Waals surface area contributed by atoms with Gasteiger partial charge < -0.3 is 15.3 Å². The summed E-state index contributed by atoms with van der Waals surface area (Å²) < 4.78 is 0. The number of nitrogens with one attached hydrogen (secondary N) is 1. The Morgan fingerprint density at radius 3 is 2.25 bits per heavy atom. The third-order valence-corrected chi connectivity index (χ3v) is 3.47. The maximum atomic E-state index is 11.7. The standard InChI is InChI=1S/C15H30N2O3/c1-5-17(6-2)9-7-8-13(4)16-14(18)10-12(3)11-15(19)20/h12-13H,5-11H2,1-4H3,(H,16,18)(H,19,20). The number of hydrogen-bond donors (Lipinski definition) is 2. The molecule has 0 saturated heterocycles. The van der Waals surface area contributed by atoms with E-state index in [4.69, 9.17) is 5.11 Å². The molecule has 0 aromatic carbocycles. The zero-order chi connectivity index (χ0) is 15.5. The Balaban J connectivity index is 3.82. The van der Waals surface area contributed by atoms with Crippen molar-refractivity contribution in [2.75, 3.05) is 19.6 Å². The highest BCUT2D eigenvalue weighted by Crippen LogP contribution is 2.08. The SMILES string of the molecule is CCN(CC)CCCC(C)NC(=O)CC(C)CC(=O)O. The summed E-state index contributed by atoms with van der Waals surface area (Å²) in [6.45, 7) is 11.3. The molecule has 0 aromatic heterocycles. The summed E-state index contributed by atoms with van der Waals surface area (Å²) >= 11 is 0. The topological polar surface area (TPSA) is 69.6 Å². The third-order valence-electron chi connectivity index (χ3n) is 3.47. The molecule has 0 heterocycles. The minimum Gasteiger partial charge on any atom is -0.481 e. The predicted molar refractivity (Wildman–Crippen MR) is 80.7 cm³/mol. The van der Waals surface area contributed by atoms with Crippen molar-refractivity contribution in [2.45, 2.75) is 59.4 Å².